The molecule has 0 bridgehead atoms. The molecule has 0 unspecified atom stereocenters. The van der Waals surface area contributed by atoms with Crippen molar-refractivity contribution < 1.29 is 9.59 Å². The molecule has 0 spiro atoms. The third-order valence-corrected chi connectivity index (χ3v) is 5.41. The standard InChI is InChI=1S/C18H14N6O2S2/c1-10-3-4-12-13(7-10)28-18(22-12)23-14(25)8-11-9-27-17(21-11)24-16(26)15-19-5-2-6-20-15/h2-7,9H,8H2,1H3,(H,21,24,26)(H,22,23,25). The molecular formula is C18H14N6O2S2. The number of nitrogens with zero attached hydrogens (tertiary/aromatic N) is 4. The zero-order chi connectivity index (χ0) is 19.5. The monoisotopic (exact) mass is 410 g/mol. The molecule has 0 fully saturated rings. The second kappa shape index (κ2) is 7.79. The van der Waals surface area contributed by atoms with Gasteiger partial charge in [0.05, 0.1) is 22.3 Å². The largest absolute Gasteiger partial charge is 0.302 e. The number of hydrogen-bond donors (Lipinski definition) is 2. The van der Waals surface area contributed by atoms with Gasteiger partial charge < -0.3 is 5.32 Å². The van der Waals surface area contributed by atoms with Crippen LogP contribution in [0.15, 0.2) is 42.0 Å². The topological polar surface area (TPSA) is 110 Å². The van der Waals surface area contributed by atoms with E-state index in [0.717, 1.165) is 15.8 Å². The smallest absolute Gasteiger partial charge is 0.295 e. The number of aryl methyl sites for hydroxylation is 1. The fourth-order valence-corrected chi connectivity index (χ4v) is 4.11. The Morgan fingerprint density at radius 2 is 1.89 bits per heavy atom. The number of amides is 2. The molecule has 0 aliphatic carbocycles. The molecule has 10 heteroatoms. The molecule has 0 radical (unpaired) electrons. The van der Waals surface area contributed by atoms with E-state index in [1.165, 1.54) is 35.1 Å². The Balaban J connectivity index is 1.37. The summed E-state index contributed by atoms with van der Waals surface area (Å²) in [6, 6.07) is 7.58. The lowest BCUT2D eigenvalue weighted by Gasteiger charge is -2.00. The average molecular weight is 410 g/mol. The lowest BCUT2D eigenvalue weighted by molar-refractivity contribution is -0.115. The highest BCUT2D eigenvalue weighted by Crippen LogP contribution is 2.27. The van der Waals surface area contributed by atoms with E-state index in [-0.39, 0.29) is 18.2 Å². The Bertz CT molecular complexity index is 1160. The van der Waals surface area contributed by atoms with Crippen molar-refractivity contribution in [2.24, 2.45) is 0 Å². The summed E-state index contributed by atoms with van der Waals surface area (Å²) in [6.45, 7) is 2.01. The van der Waals surface area contributed by atoms with E-state index in [0.29, 0.717) is 16.0 Å². The fraction of sp³-hybridized carbons (Fsp3) is 0.111. The first-order valence-electron chi connectivity index (χ1n) is 8.26. The highest BCUT2D eigenvalue weighted by atomic mass is 32.1. The van der Waals surface area contributed by atoms with Gasteiger partial charge >= 0.3 is 0 Å². The van der Waals surface area contributed by atoms with Crippen molar-refractivity contribution in [3.8, 4) is 0 Å². The van der Waals surface area contributed by atoms with Gasteiger partial charge in [0.1, 0.15) is 0 Å². The molecule has 8 nitrogen and oxygen atoms in total. The molecule has 3 heterocycles. The van der Waals surface area contributed by atoms with Crippen LogP contribution in [0.4, 0.5) is 10.3 Å². The van der Waals surface area contributed by atoms with E-state index in [1.54, 1.807) is 11.4 Å². The molecule has 1 aromatic carbocycles. The van der Waals surface area contributed by atoms with Gasteiger partial charge in [-0.3, -0.25) is 14.9 Å². The van der Waals surface area contributed by atoms with E-state index >= 15 is 0 Å². The SMILES string of the molecule is Cc1ccc2nc(NC(=O)Cc3csc(NC(=O)c4ncccn4)n3)sc2c1. The molecule has 0 saturated carbocycles. The lowest BCUT2D eigenvalue weighted by Crippen LogP contribution is -2.16. The van der Waals surface area contributed by atoms with Crippen LogP contribution in [-0.2, 0) is 11.2 Å². The van der Waals surface area contributed by atoms with Crippen molar-refractivity contribution in [3.05, 3.63) is 59.1 Å². The molecule has 4 aromatic rings. The third kappa shape index (κ3) is 4.18. The number of rotatable bonds is 5. The molecule has 140 valence electrons. The summed E-state index contributed by atoms with van der Waals surface area (Å²) in [4.78, 5) is 40.8. The van der Waals surface area contributed by atoms with E-state index < -0.39 is 5.91 Å². The van der Waals surface area contributed by atoms with Crippen LogP contribution >= 0.6 is 22.7 Å². The van der Waals surface area contributed by atoms with Crippen LogP contribution in [0.1, 0.15) is 21.9 Å². The molecule has 2 N–H and O–H groups in total. The first-order valence-corrected chi connectivity index (χ1v) is 9.96. The van der Waals surface area contributed by atoms with Crippen molar-refractivity contribution in [2.45, 2.75) is 13.3 Å². The predicted molar refractivity (Wildman–Crippen MR) is 109 cm³/mol. The Kier molecular flexibility index (Phi) is 5.04. The molecule has 0 aliphatic rings. The predicted octanol–water partition coefficient (Wildman–Crippen LogP) is 3.28. The molecular weight excluding hydrogens is 396 g/mol. The first kappa shape index (κ1) is 18.1. The van der Waals surface area contributed by atoms with Gasteiger partial charge in [0.15, 0.2) is 10.3 Å². The van der Waals surface area contributed by atoms with Crippen LogP contribution in [0.3, 0.4) is 0 Å². The zero-order valence-corrected chi connectivity index (χ0v) is 16.3. The van der Waals surface area contributed by atoms with E-state index in [2.05, 4.69) is 30.6 Å². The summed E-state index contributed by atoms with van der Waals surface area (Å²) in [7, 11) is 0. The summed E-state index contributed by atoms with van der Waals surface area (Å²) < 4.78 is 1.03. The maximum Gasteiger partial charge on any atom is 0.295 e. The fourth-order valence-electron chi connectivity index (χ4n) is 2.43. The Labute approximate surface area is 167 Å². The Morgan fingerprint density at radius 1 is 1.07 bits per heavy atom. The number of aromatic nitrogens is 4. The van der Waals surface area contributed by atoms with Crippen molar-refractivity contribution >= 4 is 55.0 Å². The van der Waals surface area contributed by atoms with Gasteiger partial charge in [-0.05, 0) is 30.7 Å². The van der Waals surface area contributed by atoms with Crippen molar-refractivity contribution in [3.63, 3.8) is 0 Å². The van der Waals surface area contributed by atoms with Crippen LogP contribution < -0.4 is 10.6 Å². The minimum atomic E-state index is -0.448. The Morgan fingerprint density at radius 3 is 2.71 bits per heavy atom. The van der Waals surface area contributed by atoms with Crippen molar-refractivity contribution in [1.29, 1.82) is 0 Å². The number of benzene rings is 1. The van der Waals surface area contributed by atoms with Gasteiger partial charge in [-0.2, -0.15) is 0 Å². The molecule has 4 rings (SSSR count). The summed E-state index contributed by atoms with van der Waals surface area (Å²) in [6.07, 6.45) is 3.06. The summed E-state index contributed by atoms with van der Waals surface area (Å²) in [5.74, 6) is -0.607. The maximum absolute atomic E-state index is 12.3. The Hall–Kier alpha value is -3.24. The highest BCUT2D eigenvalue weighted by molar-refractivity contribution is 7.22. The lowest BCUT2D eigenvalue weighted by atomic mass is 10.2. The van der Waals surface area contributed by atoms with Gasteiger partial charge in [0.2, 0.25) is 11.7 Å². The summed E-state index contributed by atoms with van der Waals surface area (Å²) >= 11 is 2.66. The maximum atomic E-state index is 12.3. The van der Waals surface area contributed by atoms with Gasteiger partial charge in [0.25, 0.3) is 5.91 Å². The number of fused-ring (bicyclic) bond motifs is 1. The van der Waals surface area contributed by atoms with Crippen molar-refractivity contribution in [2.75, 3.05) is 10.6 Å². The van der Waals surface area contributed by atoms with Crippen LogP contribution in [0.5, 0.6) is 0 Å². The quantitative estimate of drug-likeness (QED) is 0.522. The molecule has 0 aliphatic heterocycles. The van der Waals surface area contributed by atoms with Gasteiger partial charge in [-0.15, -0.1) is 11.3 Å². The third-order valence-electron chi connectivity index (χ3n) is 3.67. The average Bonchev–Trinajstić information content (AvgIpc) is 3.28. The molecule has 3 aromatic heterocycles. The second-order valence-corrected chi connectivity index (χ2v) is 7.77. The number of hydrogen-bond acceptors (Lipinski definition) is 8. The van der Waals surface area contributed by atoms with Gasteiger partial charge in [-0.25, -0.2) is 19.9 Å². The van der Waals surface area contributed by atoms with Gasteiger partial charge in [-0.1, -0.05) is 17.4 Å². The van der Waals surface area contributed by atoms with E-state index in [9.17, 15) is 9.59 Å². The zero-order valence-electron chi connectivity index (χ0n) is 14.7. The van der Waals surface area contributed by atoms with Crippen LogP contribution in [0.25, 0.3) is 10.2 Å². The van der Waals surface area contributed by atoms with Gasteiger partial charge in [0, 0.05) is 17.8 Å². The molecule has 2 amide bonds. The van der Waals surface area contributed by atoms with Crippen LogP contribution in [-0.4, -0.2) is 31.8 Å². The first-order chi connectivity index (χ1) is 13.6. The number of carbonyl (C=O) groups is 2. The number of nitrogens with one attached hydrogen (secondary N) is 2. The van der Waals surface area contributed by atoms with E-state index in [1.807, 2.05) is 25.1 Å². The van der Waals surface area contributed by atoms with Crippen LogP contribution in [0, 0.1) is 6.92 Å². The second-order valence-electron chi connectivity index (χ2n) is 5.89. The normalized spacial score (nSPS) is 10.8. The number of carbonyl (C=O) groups excluding carboxylic acids is 2. The number of thiazole rings is 2. The van der Waals surface area contributed by atoms with E-state index in [4.69, 9.17) is 0 Å². The number of anilines is 2. The molecule has 28 heavy (non-hydrogen) atoms. The minimum absolute atomic E-state index is 0.0584. The summed E-state index contributed by atoms with van der Waals surface area (Å²) in [5.41, 5.74) is 2.56. The highest BCUT2D eigenvalue weighted by Gasteiger charge is 2.14. The summed E-state index contributed by atoms with van der Waals surface area (Å²) in [5, 5.41) is 8.09. The molecule has 0 atom stereocenters. The molecule has 0 saturated heterocycles. The van der Waals surface area contributed by atoms with Crippen molar-refractivity contribution in [1.82, 2.24) is 19.9 Å². The van der Waals surface area contributed by atoms with Crippen LogP contribution in [0.2, 0.25) is 0 Å². The minimum Gasteiger partial charge on any atom is -0.302 e.